The SMILES string of the molecule is O=C(NCc1ccccc1)N(Cc1cccnc1)c1ccc(Cl)cc1. The van der Waals surface area contributed by atoms with Crippen molar-refractivity contribution >= 4 is 23.3 Å². The quantitative estimate of drug-likeness (QED) is 0.727. The van der Waals surface area contributed by atoms with Crippen molar-refractivity contribution in [2.75, 3.05) is 4.90 Å². The first kappa shape index (κ1) is 17.0. The Labute approximate surface area is 152 Å². The van der Waals surface area contributed by atoms with Crippen molar-refractivity contribution in [2.24, 2.45) is 0 Å². The summed E-state index contributed by atoms with van der Waals surface area (Å²) < 4.78 is 0. The lowest BCUT2D eigenvalue weighted by Gasteiger charge is -2.23. The van der Waals surface area contributed by atoms with E-state index in [1.165, 1.54) is 0 Å². The number of nitrogens with one attached hydrogen (secondary N) is 1. The summed E-state index contributed by atoms with van der Waals surface area (Å²) >= 11 is 5.97. The van der Waals surface area contributed by atoms with Crippen LogP contribution in [0.1, 0.15) is 11.1 Å². The summed E-state index contributed by atoms with van der Waals surface area (Å²) in [5, 5.41) is 3.60. The molecule has 0 spiro atoms. The molecule has 0 saturated carbocycles. The Morgan fingerprint density at radius 3 is 2.36 bits per heavy atom. The number of carbonyl (C=O) groups is 1. The van der Waals surface area contributed by atoms with Crippen LogP contribution in [0.3, 0.4) is 0 Å². The van der Waals surface area contributed by atoms with Gasteiger partial charge in [0, 0.05) is 29.6 Å². The maximum Gasteiger partial charge on any atom is 0.322 e. The predicted octanol–water partition coefficient (Wildman–Crippen LogP) is 4.65. The van der Waals surface area contributed by atoms with Crippen molar-refractivity contribution in [1.82, 2.24) is 10.3 Å². The third-order valence-corrected chi connectivity index (χ3v) is 3.99. The van der Waals surface area contributed by atoms with Gasteiger partial charge in [0.05, 0.1) is 6.54 Å². The van der Waals surface area contributed by atoms with Crippen LogP contribution < -0.4 is 10.2 Å². The normalized spacial score (nSPS) is 10.3. The number of halogens is 1. The zero-order valence-corrected chi connectivity index (χ0v) is 14.4. The van der Waals surface area contributed by atoms with Crippen LogP contribution in [-0.2, 0) is 13.1 Å². The van der Waals surface area contributed by atoms with Crippen molar-refractivity contribution in [3.63, 3.8) is 0 Å². The van der Waals surface area contributed by atoms with E-state index in [1.807, 2.05) is 54.6 Å². The average Bonchev–Trinajstić information content (AvgIpc) is 2.67. The van der Waals surface area contributed by atoms with Crippen LogP contribution in [0.2, 0.25) is 5.02 Å². The Morgan fingerprint density at radius 2 is 1.68 bits per heavy atom. The van der Waals surface area contributed by atoms with E-state index in [9.17, 15) is 4.79 Å². The number of hydrogen-bond donors (Lipinski definition) is 1. The maximum atomic E-state index is 12.8. The van der Waals surface area contributed by atoms with Crippen LogP contribution in [0.5, 0.6) is 0 Å². The monoisotopic (exact) mass is 351 g/mol. The molecule has 0 bridgehead atoms. The van der Waals surface area contributed by atoms with Gasteiger partial charge in [-0.15, -0.1) is 0 Å². The van der Waals surface area contributed by atoms with E-state index in [0.29, 0.717) is 18.1 Å². The molecule has 0 aliphatic carbocycles. The number of aromatic nitrogens is 1. The molecule has 2 aromatic carbocycles. The lowest BCUT2D eigenvalue weighted by Crippen LogP contribution is -2.39. The topological polar surface area (TPSA) is 45.2 Å². The Hall–Kier alpha value is -2.85. The van der Waals surface area contributed by atoms with Crippen LogP contribution >= 0.6 is 11.6 Å². The first-order valence-electron chi connectivity index (χ1n) is 7.96. The first-order chi connectivity index (χ1) is 12.2. The Balaban J connectivity index is 1.77. The number of pyridine rings is 1. The third-order valence-electron chi connectivity index (χ3n) is 3.73. The molecule has 0 unspecified atom stereocenters. The number of urea groups is 1. The molecule has 1 heterocycles. The van der Waals surface area contributed by atoms with Crippen LogP contribution in [0, 0.1) is 0 Å². The number of nitrogens with zero attached hydrogens (tertiary/aromatic N) is 2. The predicted molar refractivity (Wildman–Crippen MR) is 101 cm³/mol. The summed E-state index contributed by atoms with van der Waals surface area (Å²) in [4.78, 5) is 18.6. The summed E-state index contributed by atoms with van der Waals surface area (Å²) in [6, 6.07) is 20.7. The smallest absolute Gasteiger partial charge is 0.322 e. The number of benzene rings is 2. The lowest BCUT2D eigenvalue weighted by atomic mass is 10.2. The molecule has 1 N–H and O–H groups in total. The molecule has 0 aliphatic rings. The standard InChI is InChI=1S/C20H18ClN3O/c21-18-8-10-19(11-9-18)24(15-17-7-4-12-22-13-17)20(25)23-14-16-5-2-1-3-6-16/h1-13H,14-15H2,(H,23,25). The first-order valence-corrected chi connectivity index (χ1v) is 8.34. The molecule has 0 fully saturated rings. The lowest BCUT2D eigenvalue weighted by molar-refractivity contribution is 0.245. The van der Waals surface area contributed by atoms with Gasteiger partial charge in [0.15, 0.2) is 0 Å². The maximum absolute atomic E-state index is 12.8. The van der Waals surface area contributed by atoms with Crippen molar-refractivity contribution < 1.29 is 4.79 Å². The summed E-state index contributed by atoms with van der Waals surface area (Å²) in [5.41, 5.74) is 2.78. The summed E-state index contributed by atoms with van der Waals surface area (Å²) in [6.07, 6.45) is 3.47. The summed E-state index contributed by atoms with van der Waals surface area (Å²) in [6.45, 7) is 0.896. The molecule has 25 heavy (non-hydrogen) atoms. The second-order valence-electron chi connectivity index (χ2n) is 5.57. The Morgan fingerprint density at radius 1 is 0.960 bits per heavy atom. The number of hydrogen-bond acceptors (Lipinski definition) is 2. The molecule has 0 radical (unpaired) electrons. The molecule has 0 atom stereocenters. The van der Waals surface area contributed by atoms with E-state index in [4.69, 9.17) is 11.6 Å². The molecule has 5 heteroatoms. The zero-order valence-electron chi connectivity index (χ0n) is 13.6. The van der Waals surface area contributed by atoms with Gasteiger partial charge >= 0.3 is 6.03 Å². The van der Waals surface area contributed by atoms with Gasteiger partial charge in [0.25, 0.3) is 0 Å². The van der Waals surface area contributed by atoms with E-state index in [-0.39, 0.29) is 6.03 Å². The molecule has 126 valence electrons. The van der Waals surface area contributed by atoms with E-state index < -0.39 is 0 Å². The van der Waals surface area contributed by atoms with Gasteiger partial charge < -0.3 is 5.32 Å². The van der Waals surface area contributed by atoms with Crippen molar-refractivity contribution in [3.05, 3.63) is 95.3 Å². The highest BCUT2D eigenvalue weighted by molar-refractivity contribution is 6.30. The van der Waals surface area contributed by atoms with Gasteiger partial charge in [-0.05, 0) is 41.5 Å². The largest absolute Gasteiger partial charge is 0.334 e. The van der Waals surface area contributed by atoms with Gasteiger partial charge in [0.2, 0.25) is 0 Å². The van der Waals surface area contributed by atoms with Gasteiger partial charge in [0.1, 0.15) is 0 Å². The van der Waals surface area contributed by atoms with Gasteiger partial charge in [-0.3, -0.25) is 9.88 Å². The number of amides is 2. The van der Waals surface area contributed by atoms with E-state index in [0.717, 1.165) is 16.8 Å². The number of rotatable bonds is 5. The minimum absolute atomic E-state index is 0.171. The van der Waals surface area contributed by atoms with Crippen LogP contribution in [0.4, 0.5) is 10.5 Å². The van der Waals surface area contributed by atoms with E-state index >= 15 is 0 Å². The summed E-state index contributed by atoms with van der Waals surface area (Å²) in [7, 11) is 0. The minimum atomic E-state index is -0.171. The molecule has 2 amide bonds. The number of anilines is 1. The molecule has 0 saturated heterocycles. The van der Waals surface area contributed by atoms with Crippen molar-refractivity contribution in [1.29, 1.82) is 0 Å². The summed E-state index contributed by atoms with van der Waals surface area (Å²) in [5.74, 6) is 0. The zero-order chi connectivity index (χ0) is 17.5. The highest BCUT2D eigenvalue weighted by atomic mass is 35.5. The van der Waals surface area contributed by atoms with E-state index in [1.54, 1.807) is 29.4 Å². The van der Waals surface area contributed by atoms with E-state index in [2.05, 4.69) is 10.3 Å². The van der Waals surface area contributed by atoms with Crippen molar-refractivity contribution in [2.45, 2.75) is 13.1 Å². The van der Waals surface area contributed by atoms with Crippen LogP contribution in [0.15, 0.2) is 79.1 Å². The molecular formula is C20H18ClN3O. The van der Waals surface area contributed by atoms with Gasteiger partial charge in [-0.25, -0.2) is 4.79 Å². The number of carbonyl (C=O) groups excluding carboxylic acids is 1. The fourth-order valence-corrected chi connectivity index (χ4v) is 2.57. The minimum Gasteiger partial charge on any atom is -0.334 e. The van der Waals surface area contributed by atoms with Crippen LogP contribution in [0.25, 0.3) is 0 Å². The Bertz CT molecular complexity index is 807. The molecule has 3 aromatic rings. The molecule has 1 aromatic heterocycles. The molecule has 4 nitrogen and oxygen atoms in total. The third kappa shape index (κ3) is 4.81. The molecule has 0 aliphatic heterocycles. The average molecular weight is 352 g/mol. The van der Waals surface area contributed by atoms with Gasteiger partial charge in [-0.2, -0.15) is 0 Å². The highest BCUT2D eigenvalue weighted by Crippen LogP contribution is 2.20. The molecule has 3 rings (SSSR count). The molecular weight excluding hydrogens is 334 g/mol. The fraction of sp³-hybridized carbons (Fsp3) is 0.100. The van der Waals surface area contributed by atoms with Gasteiger partial charge in [-0.1, -0.05) is 48.0 Å². The van der Waals surface area contributed by atoms with Crippen LogP contribution in [-0.4, -0.2) is 11.0 Å². The van der Waals surface area contributed by atoms with Crippen molar-refractivity contribution in [3.8, 4) is 0 Å². The Kier molecular flexibility index (Phi) is 5.65. The fourth-order valence-electron chi connectivity index (χ4n) is 2.44. The second-order valence-corrected chi connectivity index (χ2v) is 6.00. The second kappa shape index (κ2) is 8.31. The highest BCUT2D eigenvalue weighted by Gasteiger charge is 2.16.